The molecule has 0 saturated carbocycles. The van der Waals surface area contributed by atoms with Gasteiger partial charge in [-0.15, -0.1) is 17.8 Å². The van der Waals surface area contributed by atoms with Crippen molar-refractivity contribution in [2.75, 3.05) is 7.11 Å². The second-order valence-electron chi connectivity index (χ2n) is 4.39. The van der Waals surface area contributed by atoms with Crippen LogP contribution >= 0.6 is 11.3 Å². The van der Waals surface area contributed by atoms with E-state index in [1.165, 1.54) is 0 Å². The molecule has 0 spiro atoms. The van der Waals surface area contributed by atoms with Crippen molar-refractivity contribution in [2.45, 2.75) is 26.4 Å². The lowest BCUT2D eigenvalue weighted by molar-refractivity contribution is 0.389. The Kier molecular flexibility index (Phi) is 3.90. The van der Waals surface area contributed by atoms with Crippen molar-refractivity contribution in [3.05, 3.63) is 17.3 Å². The highest BCUT2D eigenvalue weighted by Gasteiger charge is 2.16. The van der Waals surface area contributed by atoms with Crippen molar-refractivity contribution in [2.24, 2.45) is 5.92 Å². The van der Waals surface area contributed by atoms with Crippen molar-refractivity contribution in [3.63, 3.8) is 0 Å². The van der Waals surface area contributed by atoms with Crippen molar-refractivity contribution in [3.8, 4) is 18.2 Å². The van der Waals surface area contributed by atoms with Gasteiger partial charge in [0.15, 0.2) is 4.96 Å². The highest BCUT2D eigenvalue weighted by molar-refractivity contribution is 7.15. The molecule has 0 fully saturated rings. The molecule has 0 radical (unpaired) electrons. The summed E-state index contributed by atoms with van der Waals surface area (Å²) in [6.07, 6.45) is 7.51. The maximum Gasteiger partial charge on any atom is 0.237 e. The van der Waals surface area contributed by atoms with Gasteiger partial charge in [0.1, 0.15) is 5.69 Å². The number of imidazole rings is 1. The van der Waals surface area contributed by atoms with E-state index in [0.717, 1.165) is 10.7 Å². The Morgan fingerprint density at radius 1 is 1.61 bits per heavy atom. The van der Waals surface area contributed by atoms with Gasteiger partial charge in [0.05, 0.1) is 13.2 Å². The number of methoxy groups -OCH3 is 1. The van der Waals surface area contributed by atoms with Gasteiger partial charge in [0.25, 0.3) is 0 Å². The van der Waals surface area contributed by atoms with Gasteiger partial charge in [0, 0.05) is 18.1 Å². The van der Waals surface area contributed by atoms with E-state index in [9.17, 15) is 0 Å². The van der Waals surface area contributed by atoms with E-state index in [4.69, 9.17) is 11.2 Å². The molecule has 0 saturated heterocycles. The Morgan fingerprint density at radius 3 is 3.00 bits per heavy atom. The van der Waals surface area contributed by atoms with E-state index in [-0.39, 0.29) is 6.04 Å². The van der Waals surface area contributed by atoms with Gasteiger partial charge in [0.2, 0.25) is 5.88 Å². The first-order valence-electron chi connectivity index (χ1n) is 5.85. The topological polar surface area (TPSA) is 38.6 Å². The first-order chi connectivity index (χ1) is 8.67. The number of fused-ring (bicyclic) bond motifs is 1. The fraction of sp³-hybridized carbons (Fsp3) is 0.462. The average molecular weight is 263 g/mol. The molecule has 1 atom stereocenters. The van der Waals surface area contributed by atoms with E-state index in [1.54, 1.807) is 18.4 Å². The van der Waals surface area contributed by atoms with Crippen molar-refractivity contribution in [1.29, 1.82) is 0 Å². The normalized spacial score (nSPS) is 12.8. The van der Waals surface area contributed by atoms with E-state index in [0.29, 0.717) is 18.3 Å². The zero-order valence-electron chi connectivity index (χ0n) is 10.8. The maximum absolute atomic E-state index is 5.51. The van der Waals surface area contributed by atoms with Gasteiger partial charge < -0.3 is 4.74 Å². The summed E-state index contributed by atoms with van der Waals surface area (Å²) in [4.78, 5) is 5.34. The summed E-state index contributed by atoms with van der Waals surface area (Å²) < 4.78 is 7.33. The Morgan fingerprint density at radius 2 is 2.39 bits per heavy atom. The zero-order valence-corrected chi connectivity index (χ0v) is 11.6. The predicted octanol–water partition coefficient (Wildman–Crippen LogP) is 2.15. The summed E-state index contributed by atoms with van der Waals surface area (Å²) in [6.45, 7) is 4.85. The van der Waals surface area contributed by atoms with Crippen LogP contribution in [-0.4, -0.2) is 22.5 Å². The van der Waals surface area contributed by atoms with Crippen LogP contribution in [0.5, 0.6) is 5.88 Å². The Balaban J connectivity index is 2.20. The quantitative estimate of drug-likeness (QED) is 0.840. The summed E-state index contributed by atoms with van der Waals surface area (Å²) >= 11 is 1.59. The number of hydrogen-bond donors (Lipinski definition) is 1. The molecule has 1 N–H and O–H groups in total. The largest absolute Gasteiger partial charge is 0.480 e. The molecule has 2 rings (SSSR count). The van der Waals surface area contributed by atoms with Gasteiger partial charge in [-0.25, -0.2) is 0 Å². The molecule has 0 amide bonds. The molecule has 0 aliphatic heterocycles. The van der Waals surface area contributed by atoms with E-state index in [1.807, 2.05) is 16.0 Å². The lowest BCUT2D eigenvalue weighted by Gasteiger charge is -2.16. The maximum atomic E-state index is 5.51. The zero-order chi connectivity index (χ0) is 13.1. The third-order valence-electron chi connectivity index (χ3n) is 2.85. The van der Waals surface area contributed by atoms with Gasteiger partial charge in [-0.2, -0.15) is 4.98 Å². The minimum absolute atomic E-state index is 0.0545. The van der Waals surface area contributed by atoms with Gasteiger partial charge in [-0.05, 0) is 5.92 Å². The van der Waals surface area contributed by atoms with Gasteiger partial charge >= 0.3 is 0 Å². The lowest BCUT2D eigenvalue weighted by Crippen LogP contribution is -2.32. The minimum Gasteiger partial charge on any atom is -0.480 e. The Bertz CT molecular complexity index is 564. The van der Waals surface area contributed by atoms with Crippen LogP contribution in [0.15, 0.2) is 11.6 Å². The Labute approximate surface area is 111 Å². The van der Waals surface area contributed by atoms with Crippen LogP contribution < -0.4 is 10.1 Å². The predicted molar refractivity (Wildman–Crippen MR) is 73.9 cm³/mol. The van der Waals surface area contributed by atoms with Crippen molar-refractivity contribution in [1.82, 2.24) is 14.7 Å². The number of hydrogen-bond acceptors (Lipinski definition) is 4. The number of ether oxygens (including phenoxy) is 1. The molecular weight excluding hydrogens is 246 g/mol. The molecule has 0 aliphatic rings. The van der Waals surface area contributed by atoms with Gasteiger partial charge in [-0.3, -0.25) is 9.72 Å². The molecule has 1 unspecified atom stereocenters. The number of nitrogens with zero attached hydrogens (tertiary/aromatic N) is 2. The van der Waals surface area contributed by atoms with E-state index >= 15 is 0 Å². The molecule has 4 nitrogen and oxygen atoms in total. The van der Waals surface area contributed by atoms with Crippen molar-refractivity contribution >= 4 is 16.3 Å². The highest BCUT2D eigenvalue weighted by Crippen LogP contribution is 2.23. The number of thiazole rings is 1. The minimum atomic E-state index is 0.0545. The van der Waals surface area contributed by atoms with Crippen LogP contribution in [0.1, 0.15) is 19.5 Å². The van der Waals surface area contributed by atoms with Crippen LogP contribution in [0.2, 0.25) is 0 Å². The van der Waals surface area contributed by atoms with Crippen LogP contribution in [-0.2, 0) is 6.54 Å². The first-order valence-corrected chi connectivity index (χ1v) is 6.73. The summed E-state index contributed by atoms with van der Waals surface area (Å²) in [5, 5.41) is 5.36. The molecule has 2 aromatic rings. The summed E-state index contributed by atoms with van der Waals surface area (Å²) in [5.41, 5.74) is 1.01. The molecule has 18 heavy (non-hydrogen) atoms. The first kappa shape index (κ1) is 12.9. The summed E-state index contributed by atoms with van der Waals surface area (Å²) in [6, 6.07) is 0.0545. The van der Waals surface area contributed by atoms with Crippen molar-refractivity contribution < 1.29 is 4.74 Å². The molecule has 96 valence electrons. The number of nitrogens with one attached hydrogen (secondary N) is 1. The molecular formula is C13H17N3OS. The highest BCUT2D eigenvalue weighted by atomic mass is 32.1. The summed E-state index contributed by atoms with van der Waals surface area (Å²) in [5.74, 6) is 3.82. The van der Waals surface area contributed by atoms with Crippen LogP contribution in [0.4, 0.5) is 0 Å². The number of terminal acetylenes is 1. The molecule has 5 heteroatoms. The molecule has 0 aromatic carbocycles. The number of rotatable bonds is 5. The summed E-state index contributed by atoms with van der Waals surface area (Å²) in [7, 11) is 1.64. The van der Waals surface area contributed by atoms with Crippen LogP contribution in [0.25, 0.3) is 4.96 Å². The second kappa shape index (κ2) is 5.42. The fourth-order valence-electron chi connectivity index (χ4n) is 1.83. The monoisotopic (exact) mass is 263 g/mol. The van der Waals surface area contributed by atoms with Crippen LogP contribution in [0.3, 0.4) is 0 Å². The van der Waals surface area contributed by atoms with E-state index in [2.05, 4.69) is 30.1 Å². The molecule has 0 aliphatic carbocycles. The molecule has 2 aromatic heterocycles. The van der Waals surface area contributed by atoms with Crippen LogP contribution in [0, 0.1) is 18.3 Å². The number of aromatic nitrogens is 2. The van der Waals surface area contributed by atoms with E-state index < -0.39 is 0 Å². The SMILES string of the molecule is C#CC(NCc1c(OC)nc2sccn12)C(C)C. The molecule has 2 heterocycles. The molecule has 0 bridgehead atoms. The van der Waals surface area contributed by atoms with Gasteiger partial charge in [-0.1, -0.05) is 19.8 Å². The Hall–Kier alpha value is -1.51. The third-order valence-corrected chi connectivity index (χ3v) is 3.61. The second-order valence-corrected chi connectivity index (χ2v) is 5.27. The smallest absolute Gasteiger partial charge is 0.237 e. The standard InChI is InChI=1S/C13H17N3OS/c1-5-10(9(2)3)14-8-11-12(17-4)15-13-16(11)6-7-18-13/h1,6-7,9-10,14H,8H2,2-4H3. The fourth-order valence-corrected chi connectivity index (χ4v) is 2.56. The lowest BCUT2D eigenvalue weighted by atomic mass is 10.1. The third kappa shape index (κ3) is 2.35. The average Bonchev–Trinajstić information content (AvgIpc) is 2.90.